The molecule has 26 heavy (non-hydrogen) atoms. The Kier molecular flexibility index (Phi) is 6.01. The molecule has 0 radical (unpaired) electrons. The number of aliphatic carboxylic acids is 1. The van der Waals surface area contributed by atoms with Crippen molar-refractivity contribution in [3.63, 3.8) is 0 Å². The second kappa shape index (κ2) is 7.86. The number of carboxylic acids is 1. The summed E-state index contributed by atoms with van der Waals surface area (Å²) in [4.78, 5) is 27.1. The minimum atomic E-state index is -3.55. The van der Waals surface area contributed by atoms with Crippen LogP contribution in [0.2, 0.25) is 0 Å². The third-order valence-electron chi connectivity index (χ3n) is 3.94. The third kappa shape index (κ3) is 5.29. The normalized spacial score (nSPS) is 16.8. The molecule has 0 bridgehead atoms. The Bertz CT molecular complexity index is 831. The number of hydrogen-bond acceptors (Lipinski definition) is 5. The van der Waals surface area contributed by atoms with Crippen LogP contribution in [0.3, 0.4) is 0 Å². The molecule has 0 fully saturated rings. The average molecular weight is 381 g/mol. The van der Waals surface area contributed by atoms with Crippen LogP contribution in [0.1, 0.15) is 45.1 Å². The average Bonchev–Trinajstić information content (AvgIpc) is 2.81. The summed E-state index contributed by atoms with van der Waals surface area (Å²) in [5.74, 6) is -0.793. The van der Waals surface area contributed by atoms with Crippen molar-refractivity contribution in [3.8, 4) is 0 Å². The first-order chi connectivity index (χ1) is 12.1. The molecular weight excluding hydrogens is 358 g/mol. The molecule has 1 aromatic carbocycles. The van der Waals surface area contributed by atoms with Crippen molar-refractivity contribution in [1.29, 1.82) is 0 Å². The number of nitrogens with one attached hydrogen (secondary N) is 2. The molecule has 1 aliphatic heterocycles. The quantitative estimate of drug-likeness (QED) is 0.585. The number of carbonyl (C=O) groups excluding carboxylic acids is 1. The van der Waals surface area contributed by atoms with E-state index in [1.54, 1.807) is 32.0 Å². The van der Waals surface area contributed by atoms with Gasteiger partial charge in [0.25, 0.3) is 10.0 Å². The molecule has 0 atom stereocenters. The Morgan fingerprint density at radius 2 is 1.92 bits per heavy atom. The fourth-order valence-electron chi connectivity index (χ4n) is 2.60. The first kappa shape index (κ1) is 19.9. The fraction of sp³-hybridized carbons (Fsp3) is 0.471. The van der Waals surface area contributed by atoms with Crippen LogP contribution in [0.25, 0.3) is 0 Å². The molecule has 9 heteroatoms. The Morgan fingerprint density at radius 3 is 2.62 bits per heavy atom. The Balaban J connectivity index is 1.85. The van der Waals surface area contributed by atoms with E-state index in [-0.39, 0.29) is 23.6 Å². The number of nitrogens with zero attached hydrogens (tertiary/aromatic N) is 1. The summed E-state index contributed by atoms with van der Waals surface area (Å²) < 4.78 is 26.4. The molecule has 0 spiro atoms. The lowest BCUT2D eigenvalue weighted by atomic mass is 9.98. The summed E-state index contributed by atoms with van der Waals surface area (Å²) in [6, 6.07) is 6.59. The number of carbonyl (C=O) groups is 2. The Morgan fingerprint density at radius 1 is 1.23 bits per heavy atom. The van der Waals surface area contributed by atoms with Crippen LogP contribution in [-0.2, 0) is 19.6 Å². The molecule has 8 nitrogen and oxygen atoms in total. The van der Waals surface area contributed by atoms with Gasteiger partial charge < -0.3 is 10.4 Å². The first-order valence-electron chi connectivity index (χ1n) is 8.30. The van der Waals surface area contributed by atoms with Gasteiger partial charge in [-0.15, -0.1) is 0 Å². The van der Waals surface area contributed by atoms with Gasteiger partial charge in [0, 0.05) is 30.5 Å². The predicted octanol–water partition coefficient (Wildman–Crippen LogP) is 1.26. The van der Waals surface area contributed by atoms with Gasteiger partial charge in [-0.25, -0.2) is 8.42 Å². The monoisotopic (exact) mass is 381 g/mol. The predicted molar refractivity (Wildman–Crippen MR) is 96.5 cm³/mol. The molecule has 0 unspecified atom stereocenters. The van der Waals surface area contributed by atoms with Crippen LogP contribution < -0.4 is 10.0 Å². The van der Waals surface area contributed by atoms with Gasteiger partial charge in [-0.2, -0.15) is 0 Å². The van der Waals surface area contributed by atoms with E-state index in [1.165, 1.54) is 6.07 Å². The van der Waals surface area contributed by atoms with Crippen LogP contribution in [0.15, 0.2) is 34.2 Å². The van der Waals surface area contributed by atoms with Crippen molar-refractivity contribution >= 4 is 27.7 Å². The number of benzene rings is 1. The molecule has 1 aromatic rings. The smallest absolute Gasteiger partial charge is 0.303 e. The van der Waals surface area contributed by atoms with E-state index in [4.69, 9.17) is 5.11 Å². The maximum Gasteiger partial charge on any atom is 0.303 e. The molecule has 0 saturated carbocycles. The minimum absolute atomic E-state index is 0.0134. The zero-order valence-corrected chi connectivity index (χ0v) is 15.6. The molecule has 2 rings (SSSR count). The highest BCUT2D eigenvalue weighted by molar-refractivity contribution is 7.90. The van der Waals surface area contributed by atoms with E-state index in [2.05, 4.69) is 15.0 Å². The van der Waals surface area contributed by atoms with E-state index >= 15 is 0 Å². The fourth-order valence-corrected chi connectivity index (χ4v) is 3.85. The number of aliphatic imine (C=N–C) groups is 1. The van der Waals surface area contributed by atoms with Crippen molar-refractivity contribution in [2.75, 3.05) is 6.54 Å². The Hall–Kier alpha value is -2.42. The van der Waals surface area contributed by atoms with E-state index in [9.17, 15) is 18.0 Å². The molecule has 0 saturated heterocycles. The number of hydrogen-bond donors (Lipinski definition) is 3. The van der Waals surface area contributed by atoms with Crippen molar-refractivity contribution in [2.24, 2.45) is 4.99 Å². The molecule has 0 aliphatic carbocycles. The first-order valence-corrected chi connectivity index (χ1v) is 9.78. The molecule has 1 amide bonds. The molecular formula is C17H23N3O5S. The highest BCUT2D eigenvalue weighted by atomic mass is 32.2. The molecule has 1 aliphatic rings. The van der Waals surface area contributed by atoms with Crippen LogP contribution in [0.4, 0.5) is 0 Å². The number of sulfonamides is 1. The summed E-state index contributed by atoms with van der Waals surface area (Å²) >= 11 is 0. The second-order valence-corrected chi connectivity index (χ2v) is 8.41. The second-order valence-electron chi connectivity index (χ2n) is 6.76. The highest BCUT2D eigenvalue weighted by Gasteiger charge is 2.29. The number of fused-ring (bicyclic) bond motifs is 1. The lowest BCUT2D eigenvalue weighted by molar-refractivity contribution is -0.137. The van der Waals surface area contributed by atoms with Crippen LogP contribution in [0, 0.1) is 0 Å². The van der Waals surface area contributed by atoms with Crippen LogP contribution in [-0.4, -0.2) is 43.3 Å². The van der Waals surface area contributed by atoms with Crippen LogP contribution in [0.5, 0.6) is 0 Å². The van der Waals surface area contributed by atoms with Crippen LogP contribution >= 0.6 is 0 Å². The topological polar surface area (TPSA) is 125 Å². The van der Waals surface area contributed by atoms with Gasteiger partial charge in [0.2, 0.25) is 5.91 Å². The van der Waals surface area contributed by atoms with Gasteiger partial charge >= 0.3 is 5.97 Å². The molecule has 3 N–H and O–H groups in total. The number of rotatable bonds is 8. The van der Waals surface area contributed by atoms with Crippen molar-refractivity contribution in [3.05, 3.63) is 29.8 Å². The van der Waals surface area contributed by atoms with Crippen molar-refractivity contribution in [2.45, 2.75) is 50.0 Å². The third-order valence-corrected chi connectivity index (χ3v) is 5.33. The van der Waals surface area contributed by atoms with Gasteiger partial charge in [0.15, 0.2) is 0 Å². The highest BCUT2D eigenvalue weighted by Crippen LogP contribution is 2.22. The van der Waals surface area contributed by atoms with E-state index in [0.717, 1.165) is 0 Å². The lowest BCUT2D eigenvalue weighted by Gasteiger charge is -2.25. The summed E-state index contributed by atoms with van der Waals surface area (Å²) in [6.45, 7) is 3.85. The van der Waals surface area contributed by atoms with E-state index in [1.807, 2.05) is 0 Å². The summed E-state index contributed by atoms with van der Waals surface area (Å²) in [6.07, 6.45) is 1.01. The summed E-state index contributed by atoms with van der Waals surface area (Å²) in [7, 11) is -3.55. The van der Waals surface area contributed by atoms with Crippen molar-refractivity contribution in [1.82, 2.24) is 10.0 Å². The van der Waals surface area contributed by atoms with Gasteiger partial charge in [-0.1, -0.05) is 12.1 Å². The SMILES string of the molecule is CC(C)(CCC(=O)O)NC(=O)CCCN=C1NS(=O)(=O)c2ccccc21. The number of amidine groups is 1. The summed E-state index contributed by atoms with van der Waals surface area (Å²) in [5, 5.41) is 11.5. The van der Waals surface area contributed by atoms with Gasteiger partial charge in [-0.3, -0.25) is 19.3 Å². The van der Waals surface area contributed by atoms with Gasteiger partial charge in [-0.05, 0) is 38.8 Å². The van der Waals surface area contributed by atoms with E-state index < -0.39 is 21.5 Å². The maximum absolute atomic E-state index is 12.0. The zero-order chi connectivity index (χ0) is 19.4. The molecule has 0 aromatic heterocycles. The van der Waals surface area contributed by atoms with Crippen molar-refractivity contribution < 1.29 is 23.1 Å². The zero-order valence-electron chi connectivity index (χ0n) is 14.8. The maximum atomic E-state index is 12.0. The largest absolute Gasteiger partial charge is 0.481 e. The van der Waals surface area contributed by atoms with E-state index in [0.29, 0.717) is 30.8 Å². The van der Waals surface area contributed by atoms with Gasteiger partial charge in [0.05, 0.1) is 4.90 Å². The minimum Gasteiger partial charge on any atom is -0.481 e. The molecule has 142 valence electrons. The standard InChI is InChI=1S/C17H23N3O5S/c1-17(2,10-9-15(22)23)19-14(21)8-5-11-18-16-12-6-3-4-7-13(12)26(24,25)20-16/h3-4,6-7H,5,8-11H2,1-2H3,(H,18,20)(H,19,21)(H,22,23). The summed E-state index contributed by atoms with van der Waals surface area (Å²) in [5.41, 5.74) is -0.0618. The molecule has 1 heterocycles. The van der Waals surface area contributed by atoms with Gasteiger partial charge in [0.1, 0.15) is 5.84 Å². The number of carboxylic acid groups (broad SMARTS) is 1. The Labute approximate surface area is 152 Å². The number of amides is 1. The lowest BCUT2D eigenvalue weighted by Crippen LogP contribution is -2.43.